The normalized spacial score (nSPS) is 12.3. The Bertz CT molecular complexity index is 285. The van der Waals surface area contributed by atoms with E-state index in [1.54, 1.807) is 4.90 Å². The monoisotopic (exact) mass is 288 g/mol. The van der Waals surface area contributed by atoms with Gasteiger partial charge in [0.05, 0.1) is 0 Å². The fourth-order valence-electron chi connectivity index (χ4n) is 1.59. The molecule has 1 amide bonds. The molecular weight excluding hydrogens is 256 g/mol. The van der Waals surface area contributed by atoms with E-state index in [0.717, 1.165) is 13.0 Å². The van der Waals surface area contributed by atoms with Crippen LogP contribution in [0.3, 0.4) is 0 Å². The second-order valence-electron chi connectivity index (χ2n) is 6.97. The van der Waals surface area contributed by atoms with Crippen LogP contribution in [0.15, 0.2) is 0 Å². The minimum atomic E-state index is -0.463. The van der Waals surface area contributed by atoms with Crippen molar-refractivity contribution in [3.8, 4) is 0 Å². The Morgan fingerprint density at radius 1 is 1.20 bits per heavy atom. The van der Waals surface area contributed by atoms with Crippen LogP contribution in [-0.2, 0) is 4.74 Å². The van der Waals surface area contributed by atoms with Gasteiger partial charge in [0.2, 0.25) is 0 Å². The molecule has 0 unspecified atom stereocenters. The maximum atomic E-state index is 12.0. The van der Waals surface area contributed by atoms with E-state index in [2.05, 4.69) is 5.32 Å². The van der Waals surface area contributed by atoms with E-state index < -0.39 is 5.60 Å². The van der Waals surface area contributed by atoms with Crippen LogP contribution in [0, 0.1) is 5.41 Å². The standard InChI is InChI=1S/C15H32N2O3/c1-7-9-17(13(19)20-14(2,3)4)10-8-16-11-15(5,6)12-18/h16,18H,7-12H2,1-6H3. The lowest BCUT2D eigenvalue weighted by Crippen LogP contribution is -2.42. The van der Waals surface area contributed by atoms with Crippen LogP contribution in [0.2, 0.25) is 0 Å². The lowest BCUT2D eigenvalue weighted by Gasteiger charge is -2.28. The molecule has 0 aromatic heterocycles. The van der Waals surface area contributed by atoms with Gasteiger partial charge < -0.3 is 20.1 Å². The molecule has 0 heterocycles. The van der Waals surface area contributed by atoms with Gasteiger partial charge in [-0.15, -0.1) is 0 Å². The molecule has 0 fully saturated rings. The molecular formula is C15H32N2O3. The molecule has 0 saturated carbocycles. The molecule has 20 heavy (non-hydrogen) atoms. The first-order chi connectivity index (χ1) is 9.11. The van der Waals surface area contributed by atoms with Gasteiger partial charge in [0.15, 0.2) is 0 Å². The van der Waals surface area contributed by atoms with Gasteiger partial charge in [0.1, 0.15) is 5.60 Å². The molecule has 0 aliphatic rings. The summed E-state index contributed by atoms with van der Waals surface area (Å²) in [6.45, 7) is 14.5. The van der Waals surface area contributed by atoms with E-state index in [9.17, 15) is 9.90 Å². The fraction of sp³-hybridized carbons (Fsp3) is 0.933. The smallest absolute Gasteiger partial charge is 0.410 e. The molecule has 0 saturated heterocycles. The molecule has 0 spiro atoms. The first-order valence-electron chi connectivity index (χ1n) is 7.41. The third kappa shape index (κ3) is 9.15. The molecule has 0 aliphatic heterocycles. The van der Waals surface area contributed by atoms with Crippen LogP contribution in [0.5, 0.6) is 0 Å². The highest BCUT2D eigenvalue weighted by atomic mass is 16.6. The van der Waals surface area contributed by atoms with Gasteiger partial charge in [-0.2, -0.15) is 0 Å². The van der Waals surface area contributed by atoms with Gasteiger partial charge in [-0.1, -0.05) is 20.8 Å². The van der Waals surface area contributed by atoms with Crippen molar-refractivity contribution in [3.05, 3.63) is 0 Å². The highest BCUT2D eigenvalue weighted by Crippen LogP contribution is 2.12. The number of aliphatic hydroxyl groups excluding tert-OH is 1. The summed E-state index contributed by atoms with van der Waals surface area (Å²) in [4.78, 5) is 13.8. The van der Waals surface area contributed by atoms with E-state index in [1.165, 1.54) is 0 Å². The summed E-state index contributed by atoms with van der Waals surface area (Å²) in [5.74, 6) is 0. The fourth-order valence-corrected chi connectivity index (χ4v) is 1.59. The van der Waals surface area contributed by atoms with Crippen LogP contribution in [0.25, 0.3) is 0 Å². The molecule has 0 atom stereocenters. The predicted molar refractivity (Wildman–Crippen MR) is 81.8 cm³/mol. The Morgan fingerprint density at radius 2 is 1.80 bits per heavy atom. The molecule has 0 aliphatic carbocycles. The summed E-state index contributed by atoms with van der Waals surface area (Å²) in [6.07, 6.45) is 0.643. The minimum absolute atomic E-state index is 0.137. The number of carbonyl (C=O) groups is 1. The van der Waals surface area contributed by atoms with Crippen LogP contribution in [-0.4, -0.2) is 54.5 Å². The Labute approximate surface area is 123 Å². The average Bonchev–Trinajstić information content (AvgIpc) is 2.31. The first-order valence-corrected chi connectivity index (χ1v) is 7.41. The lowest BCUT2D eigenvalue weighted by atomic mass is 9.95. The van der Waals surface area contributed by atoms with Crippen molar-refractivity contribution in [2.75, 3.05) is 32.8 Å². The summed E-state index contributed by atoms with van der Waals surface area (Å²) in [6, 6.07) is 0. The maximum Gasteiger partial charge on any atom is 0.410 e. The van der Waals surface area contributed by atoms with Crippen molar-refractivity contribution >= 4 is 6.09 Å². The zero-order valence-electron chi connectivity index (χ0n) is 14.0. The molecule has 5 heteroatoms. The van der Waals surface area contributed by atoms with Crippen LogP contribution in [0.4, 0.5) is 4.79 Å². The molecule has 5 nitrogen and oxygen atoms in total. The van der Waals surface area contributed by atoms with Crippen LogP contribution >= 0.6 is 0 Å². The Balaban J connectivity index is 4.18. The molecule has 0 rings (SSSR count). The van der Waals surface area contributed by atoms with Crippen molar-refractivity contribution in [1.29, 1.82) is 0 Å². The van der Waals surface area contributed by atoms with Gasteiger partial charge in [0.25, 0.3) is 0 Å². The van der Waals surface area contributed by atoms with E-state index in [1.807, 2.05) is 41.5 Å². The van der Waals surface area contributed by atoms with Crippen molar-refractivity contribution in [1.82, 2.24) is 10.2 Å². The number of rotatable bonds is 8. The number of nitrogens with one attached hydrogen (secondary N) is 1. The molecule has 0 aromatic rings. The van der Waals surface area contributed by atoms with Crippen molar-refractivity contribution < 1.29 is 14.6 Å². The Kier molecular flexibility index (Phi) is 8.13. The molecule has 2 N–H and O–H groups in total. The molecule has 0 bridgehead atoms. The van der Waals surface area contributed by atoms with Crippen molar-refractivity contribution in [2.45, 2.75) is 53.6 Å². The van der Waals surface area contributed by atoms with Gasteiger partial charge >= 0.3 is 6.09 Å². The number of hydrogen-bond donors (Lipinski definition) is 2. The number of aliphatic hydroxyl groups is 1. The predicted octanol–water partition coefficient (Wildman–Crippen LogP) is 2.24. The average molecular weight is 288 g/mol. The zero-order chi connectivity index (χ0) is 15.8. The summed E-state index contributed by atoms with van der Waals surface area (Å²) in [7, 11) is 0. The Hall–Kier alpha value is -0.810. The summed E-state index contributed by atoms with van der Waals surface area (Å²) < 4.78 is 5.39. The topological polar surface area (TPSA) is 61.8 Å². The number of amides is 1. The second kappa shape index (κ2) is 8.47. The lowest BCUT2D eigenvalue weighted by molar-refractivity contribution is 0.0250. The van der Waals surface area contributed by atoms with Gasteiger partial charge in [-0.3, -0.25) is 0 Å². The van der Waals surface area contributed by atoms with Crippen molar-refractivity contribution in [3.63, 3.8) is 0 Å². The largest absolute Gasteiger partial charge is 0.444 e. The third-order valence-corrected chi connectivity index (χ3v) is 2.74. The third-order valence-electron chi connectivity index (χ3n) is 2.74. The van der Waals surface area contributed by atoms with Crippen LogP contribution in [0.1, 0.15) is 48.0 Å². The zero-order valence-corrected chi connectivity index (χ0v) is 14.0. The van der Waals surface area contributed by atoms with E-state index in [0.29, 0.717) is 19.6 Å². The van der Waals surface area contributed by atoms with Gasteiger partial charge in [-0.25, -0.2) is 4.79 Å². The highest BCUT2D eigenvalue weighted by molar-refractivity contribution is 5.68. The second-order valence-corrected chi connectivity index (χ2v) is 6.97. The van der Waals surface area contributed by atoms with Gasteiger partial charge in [-0.05, 0) is 27.2 Å². The molecule has 0 radical (unpaired) electrons. The van der Waals surface area contributed by atoms with Crippen molar-refractivity contribution in [2.24, 2.45) is 5.41 Å². The highest BCUT2D eigenvalue weighted by Gasteiger charge is 2.21. The first kappa shape index (κ1) is 19.2. The Morgan fingerprint density at radius 3 is 2.25 bits per heavy atom. The molecule has 0 aromatic carbocycles. The van der Waals surface area contributed by atoms with E-state index in [-0.39, 0.29) is 18.1 Å². The number of hydrogen-bond acceptors (Lipinski definition) is 4. The SMILES string of the molecule is CCCN(CCNCC(C)(C)CO)C(=O)OC(C)(C)C. The summed E-state index contributed by atoms with van der Waals surface area (Å²) >= 11 is 0. The summed E-state index contributed by atoms with van der Waals surface area (Å²) in [5, 5.41) is 12.5. The number of carbonyl (C=O) groups excluding carboxylic acids is 1. The van der Waals surface area contributed by atoms with E-state index in [4.69, 9.17) is 4.74 Å². The molecule has 120 valence electrons. The van der Waals surface area contributed by atoms with E-state index >= 15 is 0 Å². The maximum absolute atomic E-state index is 12.0. The number of ether oxygens (including phenoxy) is 1. The quantitative estimate of drug-likeness (QED) is 0.672. The van der Waals surface area contributed by atoms with Gasteiger partial charge in [0, 0.05) is 38.2 Å². The number of nitrogens with zero attached hydrogens (tertiary/aromatic N) is 1. The minimum Gasteiger partial charge on any atom is -0.444 e. The van der Waals surface area contributed by atoms with Crippen LogP contribution < -0.4 is 5.32 Å². The summed E-state index contributed by atoms with van der Waals surface area (Å²) in [5.41, 5.74) is -0.600.